The first-order valence-electron chi connectivity index (χ1n) is 6.97. The third-order valence-corrected chi connectivity index (χ3v) is 3.17. The lowest BCUT2D eigenvalue weighted by Gasteiger charge is -2.11. The molecule has 0 atom stereocenters. The molecule has 0 radical (unpaired) electrons. The molecule has 126 valence electrons. The van der Waals surface area contributed by atoms with E-state index in [0.717, 1.165) is 12.1 Å². The van der Waals surface area contributed by atoms with Gasteiger partial charge in [0, 0.05) is 6.07 Å². The summed E-state index contributed by atoms with van der Waals surface area (Å²) in [5, 5.41) is 2.28. The van der Waals surface area contributed by atoms with Crippen LogP contribution in [-0.2, 0) is 9.53 Å². The summed E-state index contributed by atoms with van der Waals surface area (Å²) >= 11 is 0. The van der Waals surface area contributed by atoms with Crippen molar-refractivity contribution in [3.8, 4) is 5.75 Å². The number of ether oxygens (including phenoxy) is 2. The molecule has 0 saturated carbocycles. The van der Waals surface area contributed by atoms with Gasteiger partial charge in [-0.1, -0.05) is 6.07 Å². The Hall–Kier alpha value is -2.96. The second-order valence-electron chi connectivity index (χ2n) is 4.93. The molecule has 0 aliphatic carbocycles. The van der Waals surface area contributed by atoms with E-state index in [0.29, 0.717) is 17.4 Å². The minimum atomic E-state index is -0.882. The van der Waals surface area contributed by atoms with Crippen molar-refractivity contribution in [1.29, 1.82) is 0 Å². The number of carbonyl (C=O) groups excluding carboxylic acids is 2. The summed E-state index contributed by atoms with van der Waals surface area (Å²) in [6.07, 6.45) is 0. The number of nitrogens with one attached hydrogen (secondary N) is 1. The summed E-state index contributed by atoms with van der Waals surface area (Å²) in [6.45, 7) is 1.34. The fourth-order valence-electron chi connectivity index (χ4n) is 1.92. The average Bonchev–Trinajstić information content (AvgIpc) is 2.56. The smallest absolute Gasteiger partial charge is 0.337 e. The number of hydrogen-bond acceptors (Lipinski definition) is 4. The molecule has 0 heterocycles. The number of amides is 1. The van der Waals surface area contributed by atoms with E-state index in [1.165, 1.54) is 13.2 Å². The molecule has 0 aromatic heterocycles. The Bertz CT molecular complexity index is 777. The van der Waals surface area contributed by atoms with Crippen LogP contribution < -0.4 is 10.1 Å². The second-order valence-corrected chi connectivity index (χ2v) is 4.93. The Morgan fingerprint density at radius 1 is 1.12 bits per heavy atom. The number of hydrogen-bond donors (Lipinski definition) is 1. The van der Waals surface area contributed by atoms with Crippen molar-refractivity contribution in [2.75, 3.05) is 19.0 Å². The molecule has 0 aliphatic rings. The average molecular weight is 335 g/mol. The van der Waals surface area contributed by atoms with Crippen LogP contribution in [0.4, 0.5) is 14.5 Å². The van der Waals surface area contributed by atoms with Gasteiger partial charge in [-0.25, -0.2) is 13.6 Å². The third kappa shape index (κ3) is 4.28. The summed E-state index contributed by atoms with van der Waals surface area (Å²) in [6, 6.07) is 7.49. The molecule has 0 fully saturated rings. The zero-order valence-corrected chi connectivity index (χ0v) is 13.1. The van der Waals surface area contributed by atoms with Crippen LogP contribution in [0.15, 0.2) is 36.4 Å². The molecule has 5 nitrogen and oxygen atoms in total. The molecule has 2 rings (SSSR count). The number of rotatable bonds is 5. The fourth-order valence-corrected chi connectivity index (χ4v) is 1.92. The maximum absolute atomic E-state index is 13.5. The lowest BCUT2D eigenvalue weighted by molar-refractivity contribution is -0.118. The van der Waals surface area contributed by atoms with Crippen LogP contribution in [0.2, 0.25) is 0 Å². The SMILES string of the molecule is COC(=O)c1ccc(C)c(OCC(=O)Nc2ccc(F)cc2F)c1. The number of halogens is 2. The highest BCUT2D eigenvalue weighted by atomic mass is 19.1. The number of benzene rings is 2. The van der Waals surface area contributed by atoms with Gasteiger partial charge in [-0.15, -0.1) is 0 Å². The van der Waals surface area contributed by atoms with Gasteiger partial charge >= 0.3 is 5.97 Å². The Balaban J connectivity index is 2.02. The number of aryl methyl sites for hydroxylation is 1. The molecule has 0 aliphatic heterocycles. The predicted molar refractivity (Wildman–Crippen MR) is 83.0 cm³/mol. The van der Waals surface area contributed by atoms with E-state index in [2.05, 4.69) is 10.1 Å². The van der Waals surface area contributed by atoms with E-state index in [9.17, 15) is 18.4 Å². The van der Waals surface area contributed by atoms with Crippen LogP contribution in [0.3, 0.4) is 0 Å². The third-order valence-electron chi connectivity index (χ3n) is 3.17. The second kappa shape index (κ2) is 7.54. The standard InChI is InChI=1S/C17H15F2NO4/c1-10-3-4-11(17(22)23-2)7-15(10)24-9-16(21)20-14-6-5-12(18)8-13(14)19/h3-8H,9H2,1-2H3,(H,20,21). The van der Waals surface area contributed by atoms with E-state index in [1.807, 2.05) is 0 Å². The number of methoxy groups -OCH3 is 1. The predicted octanol–water partition coefficient (Wildman–Crippen LogP) is 3.08. The summed E-state index contributed by atoms with van der Waals surface area (Å²) in [5.41, 5.74) is 0.844. The zero-order valence-electron chi connectivity index (χ0n) is 13.1. The molecule has 0 spiro atoms. The molecule has 0 unspecified atom stereocenters. The van der Waals surface area contributed by atoms with Gasteiger partial charge in [0.15, 0.2) is 6.61 Å². The lowest BCUT2D eigenvalue weighted by Crippen LogP contribution is -2.21. The van der Waals surface area contributed by atoms with Crippen LogP contribution in [0, 0.1) is 18.6 Å². The number of anilines is 1. The fraction of sp³-hybridized carbons (Fsp3) is 0.176. The summed E-state index contributed by atoms with van der Waals surface area (Å²) in [5.74, 6) is -2.45. The van der Waals surface area contributed by atoms with E-state index < -0.39 is 30.1 Å². The Labute approximate surface area is 137 Å². The van der Waals surface area contributed by atoms with E-state index in [4.69, 9.17) is 4.74 Å². The van der Waals surface area contributed by atoms with Gasteiger partial charge in [0.1, 0.15) is 17.4 Å². The van der Waals surface area contributed by atoms with Crippen LogP contribution >= 0.6 is 0 Å². The lowest BCUT2D eigenvalue weighted by atomic mass is 10.1. The van der Waals surface area contributed by atoms with Crippen LogP contribution in [0.5, 0.6) is 5.75 Å². The number of esters is 1. The highest BCUT2D eigenvalue weighted by Crippen LogP contribution is 2.20. The Morgan fingerprint density at radius 2 is 1.88 bits per heavy atom. The van der Waals surface area contributed by atoms with Gasteiger partial charge < -0.3 is 14.8 Å². The molecule has 2 aromatic carbocycles. The maximum Gasteiger partial charge on any atom is 0.337 e. The van der Waals surface area contributed by atoms with Crippen molar-refractivity contribution in [3.63, 3.8) is 0 Å². The molecule has 7 heteroatoms. The van der Waals surface area contributed by atoms with Gasteiger partial charge in [-0.3, -0.25) is 4.79 Å². The van der Waals surface area contributed by atoms with Crippen molar-refractivity contribution < 1.29 is 27.8 Å². The van der Waals surface area contributed by atoms with Crippen molar-refractivity contribution >= 4 is 17.6 Å². The van der Waals surface area contributed by atoms with Crippen LogP contribution in [-0.4, -0.2) is 25.6 Å². The Kier molecular flexibility index (Phi) is 5.47. The van der Waals surface area contributed by atoms with E-state index >= 15 is 0 Å². The van der Waals surface area contributed by atoms with Crippen molar-refractivity contribution in [1.82, 2.24) is 0 Å². The van der Waals surface area contributed by atoms with Crippen molar-refractivity contribution in [3.05, 3.63) is 59.2 Å². The van der Waals surface area contributed by atoms with Crippen molar-refractivity contribution in [2.45, 2.75) is 6.92 Å². The summed E-state index contributed by atoms with van der Waals surface area (Å²) in [7, 11) is 1.26. The van der Waals surface area contributed by atoms with Gasteiger partial charge in [0.2, 0.25) is 0 Å². The minimum Gasteiger partial charge on any atom is -0.483 e. The number of carbonyl (C=O) groups is 2. The monoisotopic (exact) mass is 335 g/mol. The topological polar surface area (TPSA) is 64.6 Å². The zero-order chi connectivity index (χ0) is 17.7. The summed E-state index contributed by atoms with van der Waals surface area (Å²) < 4.78 is 36.3. The molecule has 0 saturated heterocycles. The molecule has 0 bridgehead atoms. The van der Waals surface area contributed by atoms with Gasteiger partial charge in [0.05, 0.1) is 18.4 Å². The molecular weight excluding hydrogens is 320 g/mol. The first kappa shape index (κ1) is 17.4. The molecule has 24 heavy (non-hydrogen) atoms. The van der Waals surface area contributed by atoms with Gasteiger partial charge in [0.25, 0.3) is 5.91 Å². The first-order valence-corrected chi connectivity index (χ1v) is 6.97. The largest absolute Gasteiger partial charge is 0.483 e. The van der Waals surface area contributed by atoms with E-state index in [-0.39, 0.29) is 11.3 Å². The molecule has 1 amide bonds. The summed E-state index contributed by atoms with van der Waals surface area (Å²) in [4.78, 5) is 23.3. The van der Waals surface area contributed by atoms with Crippen LogP contribution in [0.25, 0.3) is 0 Å². The van der Waals surface area contributed by atoms with Crippen molar-refractivity contribution in [2.24, 2.45) is 0 Å². The van der Waals surface area contributed by atoms with Gasteiger partial charge in [-0.05, 0) is 36.8 Å². The van der Waals surface area contributed by atoms with Gasteiger partial charge in [-0.2, -0.15) is 0 Å². The minimum absolute atomic E-state index is 0.148. The first-order chi connectivity index (χ1) is 11.4. The molecule has 2 aromatic rings. The quantitative estimate of drug-likeness (QED) is 0.853. The molecule has 1 N–H and O–H groups in total. The highest BCUT2D eigenvalue weighted by molar-refractivity contribution is 5.92. The maximum atomic E-state index is 13.5. The van der Waals surface area contributed by atoms with E-state index in [1.54, 1.807) is 19.1 Å². The molecular formula is C17H15F2NO4. The van der Waals surface area contributed by atoms with Crippen LogP contribution in [0.1, 0.15) is 15.9 Å². The Morgan fingerprint density at radius 3 is 2.54 bits per heavy atom. The highest BCUT2D eigenvalue weighted by Gasteiger charge is 2.12. The normalized spacial score (nSPS) is 10.2.